The van der Waals surface area contributed by atoms with Crippen LogP contribution in [-0.4, -0.2) is 55.0 Å². The molecule has 1 saturated heterocycles. The van der Waals surface area contributed by atoms with Crippen LogP contribution in [0.1, 0.15) is 38.5 Å². The number of carbonyl (C=O) groups is 2. The van der Waals surface area contributed by atoms with Crippen molar-refractivity contribution in [2.24, 2.45) is 11.1 Å². The summed E-state index contributed by atoms with van der Waals surface area (Å²) in [4.78, 5) is 33.9. The Morgan fingerprint density at radius 1 is 0.913 bits per heavy atom. The smallest absolute Gasteiger partial charge is 0.247 e. The highest BCUT2D eigenvalue weighted by atomic mass is 19.1. The number of anilines is 2. The van der Waals surface area contributed by atoms with Crippen LogP contribution in [0.2, 0.25) is 0 Å². The van der Waals surface area contributed by atoms with Gasteiger partial charge in [-0.25, -0.2) is 8.78 Å². The zero-order chi connectivity index (χ0) is 32.3. The largest absolute Gasteiger partial charge is 0.493 e. The fourth-order valence-corrected chi connectivity index (χ4v) is 5.85. The van der Waals surface area contributed by atoms with Gasteiger partial charge in [-0.05, 0) is 93.7 Å². The number of hydrogen-bond acceptors (Lipinski definition) is 7. The van der Waals surface area contributed by atoms with E-state index in [4.69, 9.17) is 19.9 Å². The summed E-state index contributed by atoms with van der Waals surface area (Å²) in [5.41, 5.74) is 5.16. The molecule has 0 bridgehead atoms. The molecule has 2 N–H and O–H groups in total. The summed E-state index contributed by atoms with van der Waals surface area (Å²) < 4.78 is 47.0. The molecular formula is C35H36F2N4O5. The Hall–Kier alpha value is -4.77. The van der Waals surface area contributed by atoms with Crippen LogP contribution in [0.15, 0.2) is 66.9 Å². The number of primary amides is 1. The number of carbonyl (C=O) groups excluding carboxylic acids is 2. The highest BCUT2D eigenvalue weighted by molar-refractivity contribution is 6.16. The molecule has 3 aromatic carbocycles. The molecule has 1 aliphatic carbocycles. The molecule has 6 rings (SSSR count). The molecule has 240 valence electrons. The second kappa shape index (κ2) is 13.3. The number of likely N-dealkylation sites (tertiary alicyclic amines) is 1. The van der Waals surface area contributed by atoms with Crippen LogP contribution in [-0.2, 0) is 9.59 Å². The number of hydrogen-bond donors (Lipinski definition) is 1. The number of pyridine rings is 1. The third kappa shape index (κ3) is 6.46. The minimum absolute atomic E-state index is 0.101. The lowest BCUT2D eigenvalue weighted by Gasteiger charge is -2.26. The first kappa shape index (κ1) is 31.2. The summed E-state index contributed by atoms with van der Waals surface area (Å²) in [6, 6.07) is 14.3. The highest BCUT2D eigenvalue weighted by Crippen LogP contribution is 2.49. The van der Waals surface area contributed by atoms with Gasteiger partial charge in [0.1, 0.15) is 17.0 Å². The Morgan fingerprint density at radius 3 is 2.33 bits per heavy atom. The molecule has 0 radical (unpaired) electrons. The van der Waals surface area contributed by atoms with Crippen molar-refractivity contribution in [2.45, 2.75) is 38.5 Å². The van der Waals surface area contributed by atoms with Gasteiger partial charge in [-0.1, -0.05) is 6.42 Å². The van der Waals surface area contributed by atoms with Gasteiger partial charge in [-0.15, -0.1) is 0 Å². The molecule has 46 heavy (non-hydrogen) atoms. The first-order valence-corrected chi connectivity index (χ1v) is 15.5. The number of fused-ring (bicyclic) bond motifs is 1. The van der Waals surface area contributed by atoms with Gasteiger partial charge in [0.05, 0.1) is 24.9 Å². The minimum atomic E-state index is -1.38. The average Bonchev–Trinajstić information content (AvgIpc) is 3.88. The van der Waals surface area contributed by atoms with Gasteiger partial charge in [0.25, 0.3) is 0 Å². The van der Waals surface area contributed by atoms with E-state index in [1.807, 2.05) is 0 Å². The molecule has 11 heteroatoms. The lowest BCUT2D eigenvalue weighted by molar-refractivity contribution is -0.133. The lowest BCUT2D eigenvalue weighted by Crippen LogP contribution is -2.41. The van der Waals surface area contributed by atoms with Crippen molar-refractivity contribution in [1.82, 2.24) is 9.88 Å². The lowest BCUT2D eigenvalue weighted by atomic mass is 10.0. The number of amides is 2. The van der Waals surface area contributed by atoms with Crippen LogP contribution in [0.4, 0.5) is 20.2 Å². The molecule has 1 saturated carbocycles. The van der Waals surface area contributed by atoms with Gasteiger partial charge in [-0.3, -0.25) is 19.5 Å². The van der Waals surface area contributed by atoms with E-state index in [9.17, 15) is 14.0 Å². The first-order valence-electron chi connectivity index (χ1n) is 15.5. The molecular weight excluding hydrogens is 594 g/mol. The molecule has 4 aromatic rings. The first-order chi connectivity index (χ1) is 22.3. The highest BCUT2D eigenvalue weighted by Gasteiger charge is 2.57. The zero-order valence-electron chi connectivity index (χ0n) is 25.6. The zero-order valence-corrected chi connectivity index (χ0v) is 25.6. The molecule has 2 heterocycles. The van der Waals surface area contributed by atoms with Gasteiger partial charge in [-0.2, -0.15) is 0 Å². The SMILES string of the molecule is COc1cc2c(Oc3ccc(N(C(=O)C4(C(N)=O)CC4)c4ccc(F)cc4)cc3F)ccnc2cc1OCCCN1CCCCC1. The second-order valence-corrected chi connectivity index (χ2v) is 11.7. The molecule has 2 amide bonds. The molecule has 2 fully saturated rings. The number of ether oxygens (including phenoxy) is 3. The van der Waals surface area contributed by atoms with E-state index in [0.29, 0.717) is 34.8 Å². The number of aromatic nitrogens is 1. The second-order valence-electron chi connectivity index (χ2n) is 11.7. The third-order valence-corrected chi connectivity index (χ3v) is 8.62. The van der Waals surface area contributed by atoms with E-state index in [1.54, 1.807) is 31.5 Å². The number of benzene rings is 3. The summed E-state index contributed by atoms with van der Waals surface area (Å²) in [6.45, 7) is 3.79. The summed E-state index contributed by atoms with van der Waals surface area (Å²) in [5, 5.41) is 0.587. The molecule has 0 atom stereocenters. The summed E-state index contributed by atoms with van der Waals surface area (Å²) >= 11 is 0. The van der Waals surface area contributed by atoms with E-state index >= 15 is 4.39 Å². The maximum absolute atomic E-state index is 15.6. The predicted molar refractivity (Wildman–Crippen MR) is 170 cm³/mol. The summed E-state index contributed by atoms with van der Waals surface area (Å²) in [7, 11) is 1.55. The van der Waals surface area contributed by atoms with E-state index in [-0.39, 0.29) is 30.0 Å². The van der Waals surface area contributed by atoms with Crippen LogP contribution in [0.5, 0.6) is 23.0 Å². The van der Waals surface area contributed by atoms with Gasteiger partial charge in [0.15, 0.2) is 23.1 Å². The van der Waals surface area contributed by atoms with Gasteiger partial charge in [0, 0.05) is 35.9 Å². The number of halogens is 2. The van der Waals surface area contributed by atoms with Gasteiger partial charge < -0.3 is 24.8 Å². The molecule has 2 aliphatic rings. The van der Waals surface area contributed by atoms with Crippen molar-refractivity contribution in [3.05, 3.63) is 78.5 Å². The maximum atomic E-state index is 15.6. The molecule has 0 spiro atoms. The standard InChI is InChI=1S/C35H36F2N4O5/c1-44-31-21-26-28(22-32(31)45-19-5-18-40-16-3-2-4-17-40)39-15-12-29(26)46-30-11-10-25(20-27(30)37)41(24-8-6-23(36)7-9-24)34(43)35(13-14-35)33(38)42/h6-12,15,20-22H,2-5,13-14,16-19H2,1H3,(H2,38,42). The van der Waals surface area contributed by atoms with E-state index in [2.05, 4.69) is 9.88 Å². The normalized spacial score (nSPS) is 15.7. The van der Waals surface area contributed by atoms with Crippen molar-refractivity contribution >= 4 is 34.1 Å². The Morgan fingerprint density at radius 2 is 1.65 bits per heavy atom. The number of nitrogens with zero attached hydrogens (tertiary/aromatic N) is 3. The van der Waals surface area contributed by atoms with Crippen molar-refractivity contribution in [1.29, 1.82) is 0 Å². The number of rotatable bonds is 12. The Kier molecular flexibility index (Phi) is 9.03. The van der Waals surface area contributed by atoms with Crippen LogP contribution in [0.25, 0.3) is 10.9 Å². The van der Waals surface area contributed by atoms with Crippen molar-refractivity contribution in [3.63, 3.8) is 0 Å². The molecule has 0 unspecified atom stereocenters. The van der Waals surface area contributed by atoms with E-state index < -0.39 is 28.9 Å². The minimum Gasteiger partial charge on any atom is -0.493 e. The van der Waals surface area contributed by atoms with Crippen molar-refractivity contribution in [2.75, 3.05) is 38.3 Å². The number of piperidine rings is 1. The Labute approximate surface area is 265 Å². The average molecular weight is 631 g/mol. The molecule has 1 aromatic heterocycles. The van der Waals surface area contributed by atoms with Crippen LogP contribution >= 0.6 is 0 Å². The topological polar surface area (TPSA) is 107 Å². The van der Waals surface area contributed by atoms with Gasteiger partial charge in [0.2, 0.25) is 11.8 Å². The van der Waals surface area contributed by atoms with E-state index in [0.717, 1.165) is 32.1 Å². The molecule has 9 nitrogen and oxygen atoms in total. The van der Waals surface area contributed by atoms with Gasteiger partial charge >= 0.3 is 0 Å². The fourth-order valence-electron chi connectivity index (χ4n) is 5.85. The molecule has 1 aliphatic heterocycles. The quantitative estimate of drug-likeness (QED) is 0.141. The summed E-state index contributed by atoms with van der Waals surface area (Å²) in [5.74, 6) is -1.33. The monoisotopic (exact) mass is 630 g/mol. The van der Waals surface area contributed by atoms with Crippen LogP contribution in [0, 0.1) is 17.0 Å². The Bertz CT molecular complexity index is 1740. The third-order valence-electron chi connectivity index (χ3n) is 8.62. The number of nitrogens with two attached hydrogens (primary N) is 1. The van der Waals surface area contributed by atoms with Crippen LogP contribution in [0.3, 0.4) is 0 Å². The van der Waals surface area contributed by atoms with Crippen molar-refractivity contribution < 1.29 is 32.6 Å². The maximum Gasteiger partial charge on any atom is 0.247 e. The number of methoxy groups -OCH3 is 1. The Balaban J connectivity index is 1.23. The fraction of sp³-hybridized carbons (Fsp3) is 0.343. The van der Waals surface area contributed by atoms with Crippen molar-refractivity contribution in [3.8, 4) is 23.0 Å². The summed E-state index contributed by atoms with van der Waals surface area (Å²) in [6.07, 6.45) is 6.81. The van der Waals surface area contributed by atoms with E-state index in [1.165, 1.54) is 60.6 Å². The van der Waals surface area contributed by atoms with Crippen LogP contribution < -0.4 is 24.8 Å². The predicted octanol–water partition coefficient (Wildman–Crippen LogP) is 6.50.